The molecule has 1 saturated carbocycles. The second-order valence-corrected chi connectivity index (χ2v) is 9.10. The summed E-state index contributed by atoms with van der Waals surface area (Å²) in [6.07, 6.45) is 13.5. The first-order chi connectivity index (χ1) is 12.6. The van der Waals surface area contributed by atoms with E-state index in [1.165, 1.54) is 0 Å². The van der Waals surface area contributed by atoms with Crippen LogP contribution in [0.3, 0.4) is 0 Å². The lowest BCUT2D eigenvalue weighted by Crippen LogP contribution is -2.35. The Morgan fingerprint density at radius 2 is 2.04 bits per heavy atom. The van der Waals surface area contributed by atoms with Crippen LogP contribution < -0.4 is 0 Å². The predicted octanol–water partition coefficient (Wildman–Crippen LogP) is 5.07. The molecule has 27 heavy (non-hydrogen) atoms. The zero-order valence-electron chi connectivity index (χ0n) is 17.0. The highest BCUT2D eigenvalue weighted by molar-refractivity contribution is 6.21. The minimum absolute atomic E-state index is 0.0999. The third kappa shape index (κ3) is 7.97. The summed E-state index contributed by atoms with van der Waals surface area (Å²) in [6, 6.07) is 0. The van der Waals surface area contributed by atoms with E-state index in [9.17, 15) is 15.0 Å². The molecule has 5 heteroatoms. The van der Waals surface area contributed by atoms with Crippen LogP contribution in [0.5, 0.6) is 0 Å². The number of carboxylic acid groups (broad SMARTS) is 1. The fraction of sp³-hybridized carbons (Fsp3) is 0.773. The minimum Gasteiger partial charge on any atom is -0.481 e. The molecular formula is C22H37ClO4. The van der Waals surface area contributed by atoms with Crippen LogP contribution in [0.15, 0.2) is 24.3 Å². The second kappa shape index (κ2) is 11.2. The Bertz CT molecular complexity index is 514. The molecule has 0 spiro atoms. The number of aliphatic carboxylic acids is 1. The van der Waals surface area contributed by atoms with Gasteiger partial charge in [-0.1, -0.05) is 57.9 Å². The number of unbranched alkanes of at least 4 members (excludes halogenated alkanes) is 2. The number of aliphatic hydroxyl groups excluding tert-OH is 1. The zero-order chi connectivity index (χ0) is 20.5. The monoisotopic (exact) mass is 400 g/mol. The summed E-state index contributed by atoms with van der Waals surface area (Å²) in [5.41, 5.74) is -1.22. The second-order valence-electron chi connectivity index (χ2n) is 8.54. The Hall–Kier alpha value is -0.840. The van der Waals surface area contributed by atoms with Gasteiger partial charge in [0.15, 0.2) is 0 Å². The van der Waals surface area contributed by atoms with Crippen molar-refractivity contribution in [3.63, 3.8) is 0 Å². The first kappa shape index (κ1) is 24.2. The van der Waals surface area contributed by atoms with Gasteiger partial charge in [0, 0.05) is 17.7 Å². The molecule has 0 aliphatic heterocycles. The molecule has 0 amide bonds. The van der Waals surface area contributed by atoms with Crippen LogP contribution in [-0.4, -0.2) is 38.4 Å². The molecule has 0 unspecified atom stereocenters. The average Bonchev–Trinajstić information content (AvgIpc) is 2.89. The van der Waals surface area contributed by atoms with Crippen molar-refractivity contribution in [2.75, 3.05) is 0 Å². The number of carbonyl (C=O) groups is 1. The number of carboxylic acids is 1. The summed E-state index contributed by atoms with van der Waals surface area (Å²) in [5.74, 6) is -0.878. The van der Waals surface area contributed by atoms with Gasteiger partial charge in [0.25, 0.3) is 0 Å². The van der Waals surface area contributed by atoms with E-state index in [0.29, 0.717) is 25.7 Å². The van der Waals surface area contributed by atoms with E-state index in [1.807, 2.05) is 12.2 Å². The van der Waals surface area contributed by atoms with Crippen LogP contribution in [-0.2, 0) is 4.79 Å². The maximum atomic E-state index is 11.1. The maximum Gasteiger partial charge on any atom is 0.303 e. The Morgan fingerprint density at radius 3 is 2.67 bits per heavy atom. The molecule has 4 nitrogen and oxygen atoms in total. The molecule has 0 bridgehead atoms. The molecule has 156 valence electrons. The quantitative estimate of drug-likeness (QED) is 0.243. The molecule has 0 radical (unpaired) electrons. The van der Waals surface area contributed by atoms with Gasteiger partial charge >= 0.3 is 5.97 Å². The molecule has 0 saturated heterocycles. The molecule has 0 aromatic carbocycles. The summed E-state index contributed by atoms with van der Waals surface area (Å²) >= 11 is 6.45. The fourth-order valence-corrected chi connectivity index (χ4v) is 4.09. The van der Waals surface area contributed by atoms with Crippen LogP contribution in [0.25, 0.3) is 0 Å². The Balaban J connectivity index is 2.65. The van der Waals surface area contributed by atoms with E-state index in [2.05, 4.69) is 20.8 Å². The van der Waals surface area contributed by atoms with Crippen molar-refractivity contribution >= 4 is 17.6 Å². The van der Waals surface area contributed by atoms with Crippen molar-refractivity contribution in [3.8, 4) is 0 Å². The van der Waals surface area contributed by atoms with Crippen LogP contribution in [0, 0.1) is 11.3 Å². The lowest BCUT2D eigenvalue weighted by atomic mass is 9.80. The van der Waals surface area contributed by atoms with Gasteiger partial charge in [0.05, 0.1) is 11.7 Å². The van der Waals surface area contributed by atoms with E-state index in [-0.39, 0.29) is 23.1 Å². The number of hydrogen-bond donors (Lipinski definition) is 3. The number of halogens is 1. The van der Waals surface area contributed by atoms with Gasteiger partial charge in [-0.3, -0.25) is 4.79 Å². The summed E-state index contributed by atoms with van der Waals surface area (Å²) in [6.45, 7) is 6.25. The van der Waals surface area contributed by atoms with Gasteiger partial charge in [0.1, 0.15) is 0 Å². The highest BCUT2D eigenvalue weighted by atomic mass is 35.5. The molecule has 0 aromatic heterocycles. The van der Waals surface area contributed by atoms with Crippen LogP contribution >= 0.6 is 11.6 Å². The van der Waals surface area contributed by atoms with Gasteiger partial charge in [-0.2, -0.15) is 0 Å². The highest BCUT2D eigenvalue weighted by Gasteiger charge is 2.44. The van der Waals surface area contributed by atoms with E-state index in [0.717, 1.165) is 25.7 Å². The third-order valence-corrected chi connectivity index (χ3v) is 6.28. The average molecular weight is 401 g/mol. The SMILES string of the molecule is CCCCC(C)(C)[C@H](O)/C=C/[C@]1(O)CC[C@@H](Cl)[C@@H]1C/C=C\CCCC(=O)O. The first-order valence-electron chi connectivity index (χ1n) is 10.2. The molecule has 0 heterocycles. The normalized spacial score (nSPS) is 27.6. The zero-order valence-corrected chi connectivity index (χ0v) is 17.8. The topological polar surface area (TPSA) is 77.8 Å². The fourth-order valence-electron chi connectivity index (χ4n) is 3.66. The van der Waals surface area contributed by atoms with E-state index in [4.69, 9.17) is 16.7 Å². The van der Waals surface area contributed by atoms with Gasteiger partial charge in [-0.15, -0.1) is 11.6 Å². The van der Waals surface area contributed by atoms with Crippen LogP contribution in [0.1, 0.15) is 78.6 Å². The first-order valence-corrected chi connectivity index (χ1v) is 10.7. The number of rotatable bonds is 12. The molecule has 4 atom stereocenters. The maximum absolute atomic E-state index is 11.1. The molecule has 3 N–H and O–H groups in total. The number of hydrogen-bond acceptors (Lipinski definition) is 3. The number of allylic oxidation sites excluding steroid dienone is 2. The molecule has 0 aromatic rings. The Morgan fingerprint density at radius 1 is 1.33 bits per heavy atom. The van der Waals surface area contributed by atoms with E-state index >= 15 is 0 Å². The predicted molar refractivity (Wildman–Crippen MR) is 111 cm³/mol. The van der Waals surface area contributed by atoms with Crippen LogP contribution in [0.2, 0.25) is 0 Å². The van der Waals surface area contributed by atoms with E-state index < -0.39 is 17.7 Å². The van der Waals surface area contributed by atoms with E-state index in [1.54, 1.807) is 12.2 Å². The standard InChI is InChI=1S/C22H37ClO4/c1-4-5-14-21(2,3)19(24)13-16-22(27)15-12-18(23)17(22)10-8-6-7-9-11-20(25)26/h6,8,13,16-19,24,27H,4-5,7,9-12,14-15H2,1-3H3,(H,25,26)/b8-6-,16-13+/t17-,18+,19+,22+/m0/s1. The molecule has 1 rings (SSSR count). The molecule has 1 aliphatic carbocycles. The largest absolute Gasteiger partial charge is 0.481 e. The lowest BCUT2D eigenvalue weighted by molar-refractivity contribution is -0.137. The van der Waals surface area contributed by atoms with Crippen molar-refractivity contribution in [1.29, 1.82) is 0 Å². The van der Waals surface area contributed by atoms with Gasteiger partial charge in [-0.05, 0) is 43.9 Å². The van der Waals surface area contributed by atoms with Gasteiger partial charge in [-0.25, -0.2) is 0 Å². The van der Waals surface area contributed by atoms with Gasteiger partial charge in [0.2, 0.25) is 0 Å². The van der Waals surface area contributed by atoms with Crippen LogP contribution in [0.4, 0.5) is 0 Å². The minimum atomic E-state index is -1.00. The molecule has 1 fully saturated rings. The summed E-state index contributed by atoms with van der Waals surface area (Å²) < 4.78 is 0. The third-order valence-electron chi connectivity index (χ3n) is 5.76. The van der Waals surface area contributed by atoms with Crippen molar-refractivity contribution in [2.45, 2.75) is 95.6 Å². The van der Waals surface area contributed by atoms with Crippen molar-refractivity contribution < 1.29 is 20.1 Å². The van der Waals surface area contributed by atoms with Crippen molar-refractivity contribution in [3.05, 3.63) is 24.3 Å². The lowest BCUT2D eigenvalue weighted by Gasteiger charge is -2.31. The van der Waals surface area contributed by atoms with Gasteiger partial charge < -0.3 is 15.3 Å². The Labute approximate surface area is 169 Å². The highest BCUT2D eigenvalue weighted by Crippen LogP contribution is 2.43. The summed E-state index contributed by atoms with van der Waals surface area (Å²) in [4.78, 5) is 10.5. The number of aliphatic hydroxyl groups is 2. The molecule has 1 aliphatic rings. The van der Waals surface area contributed by atoms with Crippen molar-refractivity contribution in [1.82, 2.24) is 0 Å². The smallest absolute Gasteiger partial charge is 0.303 e. The van der Waals surface area contributed by atoms with Crippen molar-refractivity contribution in [2.24, 2.45) is 11.3 Å². The Kier molecular flexibility index (Phi) is 10.1. The molecular weight excluding hydrogens is 364 g/mol. The summed E-state index contributed by atoms with van der Waals surface area (Å²) in [7, 11) is 0. The number of alkyl halides is 1. The summed E-state index contributed by atoms with van der Waals surface area (Å²) in [5, 5.41) is 30.2.